The molecule has 0 aliphatic heterocycles. The summed E-state index contributed by atoms with van der Waals surface area (Å²) < 4.78 is 5.46. The van der Waals surface area contributed by atoms with Crippen molar-refractivity contribution in [1.82, 2.24) is 0 Å². The molecule has 0 bridgehead atoms. The van der Waals surface area contributed by atoms with Crippen LogP contribution in [0.2, 0.25) is 0 Å². The Morgan fingerprint density at radius 3 is 2.29 bits per heavy atom. The van der Waals surface area contributed by atoms with Crippen LogP contribution in [0.15, 0.2) is 24.0 Å². The quantitative estimate of drug-likeness (QED) is 0.208. The van der Waals surface area contributed by atoms with E-state index in [1.165, 1.54) is 13.8 Å². The summed E-state index contributed by atoms with van der Waals surface area (Å²) >= 11 is 0. The molecule has 0 radical (unpaired) electrons. The van der Waals surface area contributed by atoms with E-state index in [0.29, 0.717) is 18.3 Å². The molecule has 0 heterocycles. The molecule has 8 nitrogen and oxygen atoms in total. The first kappa shape index (κ1) is 30.6. The van der Waals surface area contributed by atoms with E-state index in [1.54, 1.807) is 13.8 Å². The minimum Gasteiger partial charge on any atom is -0.515 e. The van der Waals surface area contributed by atoms with Crippen LogP contribution in [0.5, 0.6) is 0 Å². The Morgan fingerprint density at radius 2 is 1.80 bits per heavy atom. The molecule has 198 valence electrons. The zero-order chi connectivity index (χ0) is 27.1. The third kappa shape index (κ3) is 6.60. The number of ether oxygens (including phenoxy) is 1. The van der Waals surface area contributed by atoms with Crippen molar-refractivity contribution >= 4 is 23.5 Å². The summed E-state index contributed by atoms with van der Waals surface area (Å²) in [6.45, 7) is 12.2. The summed E-state index contributed by atoms with van der Waals surface area (Å²) in [6, 6.07) is 0. The van der Waals surface area contributed by atoms with Crippen molar-refractivity contribution in [2.24, 2.45) is 35.0 Å². The van der Waals surface area contributed by atoms with E-state index in [2.05, 4.69) is 0 Å². The molecule has 0 amide bonds. The van der Waals surface area contributed by atoms with E-state index in [-0.39, 0.29) is 30.5 Å². The van der Waals surface area contributed by atoms with Crippen molar-refractivity contribution in [2.45, 2.75) is 79.8 Å². The van der Waals surface area contributed by atoms with Gasteiger partial charge >= 0.3 is 11.9 Å². The van der Waals surface area contributed by atoms with Gasteiger partial charge in [-0.15, -0.1) is 0 Å². The number of aliphatic hydroxyl groups is 2. The lowest BCUT2D eigenvalue weighted by molar-refractivity contribution is -0.192. The summed E-state index contributed by atoms with van der Waals surface area (Å²) in [5.74, 6) is -4.93. The van der Waals surface area contributed by atoms with Gasteiger partial charge in [-0.1, -0.05) is 53.0 Å². The second-order valence-electron chi connectivity index (χ2n) is 10.4. The maximum atomic E-state index is 13.6. The summed E-state index contributed by atoms with van der Waals surface area (Å²) in [6.07, 6.45) is 4.54. The van der Waals surface area contributed by atoms with E-state index >= 15 is 0 Å². The number of esters is 1. The summed E-state index contributed by atoms with van der Waals surface area (Å²) in [7, 11) is 0. The fourth-order valence-electron chi connectivity index (χ4n) is 6.51. The zero-order valence-electron chi connectivity index (χ0n) is 22.0. The van der Waals surface area contributed by atoms with Gasteiger partial charge in [-0.3, -0.25) is 14.4 Å². The predicted octanol–water partition coefficient (Wildman–Crippen LogP) is 4.26. The van der Waals surface area contributed by atoms with Crippen LogP contribution < -0.4 is 0 Å². The van der Waals surface area contributed by atoms with Gasteiger partial charge in [0.25, 0.3) is 0 Å². The molecule has 8 heteroatoms. The van der Waals surface area contributed by atoms with Crippen LogP contribution in [0, 0.1) is 35.0 Å². The summed E-state index contributed by atoms with van der Waals surface area (Å²) in [4.78, 5) is 50.2. The third-order valence-electron chi connectivity index (χ3n) is 7.76. The SMILES string of the molecule is CCC[C@@H](C)[C@H]1[C@H](C)C(=O)[C@@](C)(O)[C@H]([C@@H](CC)COC(=O)C/C(C)=C/C(=O)O)[C@]1(C)C(=O)/C=C\O. The van der Waals surface area contributed by atoms with Gasteiger partial charge in [0, 0.05) is 29.4 Å². The van der Waals surface area contributed by atoms with Crippen molar-refractivity contribution in [3.05, 3.63) is 24.0 Å². The Labute approximate surface area is 208 Å². The first-order chi connectivity index (χ1) is 16.2. The molecule has 0 aromatic heterocycles. The van der Waals surface area contributed by atoms with E-state index in [4.69, 9.17) is 9.84 Å². The second kappa shape index (κ2) is 12.5. The average molecular weight is 495 g/mol. The fraction of sp³-hybridized carbons (Fsp3) is 0.704. The molecule has 1 aliphatic rings. The number of carbonyl (C=O) groups is 4. The lowest BCUT2D eigenvalue weighted by Crippen LogP contribution is -2.67. The first-order valence-corrected chi connectivity index (χ1v) is 12.4. The van der Waals surface area contributed by atoms with Gasteiger partial charge in [-0.05, 0) is 38.0 Å². The highest BCUT2D eigenvalue weighted by Crippen LogP contribution is 2.57. The molecular formula is C27H42O8. The maximum Gasteiger partial charge on any atom is 0.328 e. The number of Topliss-reactive ketones (excluding diaryl/α,β-unsaturated/α-hetero) is 1. The van der Waals surface area contributed by atoms with E-state index < -0.39 is 46.6 Å². The topological polar surface area (TPSA) is 138 Å². The summed E-state index contributed by atoms with van der Waals surface area (Å²) in [5.41, 5.74) is -2.75. The normalized spacial score (nSPS) is 31.3. The van der Waals surface area contributed by atoms with Crippen molar-refractivity contribution in [2.75, 3.05) is 6.61 Å². The van der Waals surface area contributed by atoms with Gasteiger partial charge in [-0.25, -0.2) is 4.79 Å². The predicted molar refractivity (Wildman–Crippen MR) is 131 cm³/mol. The van der Waals surface area contributed by atoms with Crippen molar-refractivity contribution in [1.29, 1.82) is 0 Å². The smallest absolute Gasteiger partial charge is 0.328 e. The minimum atomic E-state index is -1.86. The molecule has 35 heavy (non-hydrogen) atoms. The number of rotatable bonds is 12. The lowest BCUT2D eigenvalue weighted by atomic mass is 9.45. The van der Waals surface area contributed by atoms with Gasteiger partial charge in [0.2, 0.25) is 0 Å². The highest BCUT2D eigenvalue weighted by atomic mass is 16.5. The Bertz CT molecular complexity index is 855. The van der Waals surface area contributed by atoms with Crippen molar-refractivity contribution in [3.8, 4) is 0 Å². The molecule has 1 rings (SSSR count). The molecule has 7 atom stereocenters. The number of hydrogen-bond acceptors (Lipinski definition) is 7. The Morgan fingerprint density at radius 1 is 1.20 bits per heavy atom. The van der Waals surface area contributed by atoms with Crippen molar-refractivity contribution < 1.29 is 39.2 Å². The first-order valence-electron chi connectivity index (χ1n) is 12.4. The number of carbonyl (C=O) groups excluding carboxylic acids is 3. The lowest BCUT2D eigenvalue weighted by Gasteiger charge is -2.58. The molecule has 1 saturated carbocycles. The fourth-order valence-corrected chi connectivity index (χ4v) is 6.51. The number of aliphatic hydroxyl groups excluding tert-OH is 1. The van der Waals surface area contributed by atoms with Crippen LogP contribution in [0.1, 0.15) is 74.1 Å². The van der Waals surface area contributed by atoms with Crippen LogP contribution in [0.25, 0.3) is 0 Å². The Hall–Kier alpha value is -2.48. The largest absolute Gasteiger partial charge is 0.515 e. The zero-order valence-corrected chi connectivity index (χ0v) is 22.0. The van der Waals surface area contributed by atoms with Gasteiger partial charge in [0.1, 0.15) is 5.60 Å². The van der Waals surface area contributed by atoms with Crippen LogP contribution in [0.3, 0.4) is 0 Å². The number of carboxylic acids is 1. The molecular weight excluding hydrogens is 452 g/mol. The molecule has 0 spiro atoms. The average Bonchev–Trinajstić information content (AvgIpc) is 2.74. The Kier molecular flexibility index (Phi) is 10.9. The molecule has 1 fully saturated rings. The highest BCUT2D eigenvalue weighted by Gasteiger charge is 2.65. The number of ketones is 2. The van der Waals surface area contributed by atoms with Gasteiger partial charge in [0.15, 0.2) is 11.6 Å². The molecule has 3 N–H and O–H groups in total. The van der Waals surface area contributed by atoms with E-state index in [0.717, 1.165) is 25.0 Å². The van der Waals surface area contributed by atoms with Crippen LogP contribution in [-0.2, 0) is 23.9 Å². The second-order valence-corrected chi connectivity index (χ2v) is 10.4. The molecule has 1 aliphatic carbocycles. The van der Waals surface area contributed by atoms with Gasteiger partial charge in [-0.2, -0.15) is 0 Å². The van der Waals surface area contributed by atoms with E-state index in [9.17, 15) is 29.4 Å². The monoisotopic (exact) mass is 494 g/mol. The van der Waals surface area contributed by atoms with Gasteiger partial charge in [0.05, 0.1) is 19.3 Å². The molecule has 0 aromatic carbocycles. The number of aliphatic carboxylic acids is 1. The van der Waals surface area contributed by atoms with Crippen molar-refractivity contribution in [3.63, 3.8) is 0 Å². The van der Waals surface area contributed by atoms with Crippen LogP contribution >= 0.6 is 0 Å². The third-order valence-corrected chi connectivity index (χ3v) is 7.76. The molecule has 0 aromatic rings. The standard InChI is InChI=1S/C27H42O8/c1-8-10-17(4)23-18(5)25(33)27(7,34)24(26(23,6)20(29)11-12-28)19(9-2)15-35-22(32)14-16(3)13-21(30)31/h11-13,17-19,23-24,28,34H,8-10,14-15H2,1-7H3,(H,30,31)/b12-11-,16-13+/t17-,18+,19+,23+,24-,26-,27+/m1/s1. The molecule has 0 unspecified atom stereocenters. The minimum absolute atomic E-state index is 0.0116. The number of carboxylic acid groups (broad SMARTS) is 1. The number of allylic oxidation sites excluding steroid dienone is 1. The Balaban J connectivity index is 3.50. The summed E-state index contributed by atoms with van der Waals surface area (Å²) in [5, 5.41) is 29.8. The molecule has 0 saturated heterocycles. The number of hydrogen-bond donors (Lipinski definition) is 3. The highest BCUT2D eigenvalue weighted by molar-refractivity contribution is 5.99. The maximum absolute atomic E-state index is 13.6. The van der Waals surface area contributed by atoms with Gasteiger partial charge < -0.3 is 20.1 Å². The van der Waals surface area contributed by atoms with E-state index in [1.807, 2.05) is 20.8 Å². The van der Waals surface area contributed by atoms with Crippen LogP contribution in [0.4, 0.5) is 0 Å². The van der Waals surface area contributed by atoms with Crippen LogP contribution in [-0.4, -0.2) is 51.0 Å².